The molecule has 1 aromatic carbocycles. The summed E-state index contributed by atoms with van der Waals surface area (Å²) in [6.07, 6.45) is 6.79. The van der Waals surface area contributed by atoms with Gasteiger partial charge in [-0.25, -0.2) is 0 Å². The summed E-state index contributed by atoms with van der Waals surface area (Å²) in [6.45, 7) is 2.04. The topological polar surface area (TPSA) is 20.2 Å². The molecule has 78 valence electrons. The minimum Gasteiger partial charge on any atom is -0.392 e. The lowest BCUT2D eigenvalue weighted by Gasteiger charge is -2.10. The Hall–Kier alpha value is -1.34. The number of rotatable bonds is 1. The van der Waals surface area contributed by atoms with Crippen LogP contribution in [0.3, 0.4) is 0 Å². The van der Waals surface area contributed by atoms with Gasteiger partial charge in [-0.3, -0.25) is 0 Å². The quantitative estimate of drug-likeness (QED) is 0.738. The molecule has 0 bridgehead atoms. The summed E-state index contributed by atoms with van der Waals surface area (Å²) in [5.74, 6) is 0.238. The van der Waals surface area contributed by atoms with Gasteiger partial charge >= 0.3 is 0 Å². The predicted octanol–water partition coefficient (Wildman–Crippen LogP) is 3.03. The maximum atomic E-state index is 9.73. The Morgan fingerprint density at radius 2 is 1.93 bits per heavy atom. The second kappa shape index (κ2) is 4.45. The monoisotopic (exact) mass is 200 g/mol. The van der Waals surface area contributed by atoms with Gasteiger partial charge in [0, 0.05) is 5.92 Å². The molecule has 0 saturated heterocycles. The van der Waals surface area contributed by atoms with Crippen LogP contribution >= 0.6 is 0 Å². The van der Waals surface area contributed by atoms with Crippen LogP contribution in [0.5, 0.6) is 0 Å². The molecule has 1 aliphatic rings. The van der Waals surface area contributed by atoms with Gasteiger partial charge in [0.15, 0.2) is 0 Å². The van der Waals surface area contributed by atoms with Crippen molar-refractivity contribution in [2.24, 2.45) is 5.92 Å². The van der Waals surface area contributed by atoms with Gasteiger partial charge < -0.3 is 5.11 Å². The maximum Gasteiger partial charge on any atom is 0.0634 e. The molecule has 0 spiro atoms. The summed E-state index contributed by atoms with van der Waals surface area (Å²) < 4.78 is 0. The molecule has 1 aliphatic carbocycles. The van der Waals surface area contributed by atoms with Crippen LogP contribution in [0.15, 0.2) is 48.6 Å². The minimum atomic E-state index is -0.248. The molecule has 2 rings (SSSR count). The van der Waals surface area contributed by atoms with E-state index in [2.05, 4.69) is 30.4 Å². The zero-order valence-electron chi connectivity index (χ0n) is 8.93. The second-order valence-corrected chi connectivity index (χ2v) is 4.05. The highest BCUT2D eigenvalue weighted by Crippen LogP contribution is 2.23. The Labute approximate surface area is 90.8 Å². The van der Waals surface area contributed by atoms with E-state index in [-0.39, 0.29) is 12.0 Å². The lowest BCUT2D eigenvalue weighted by molar-refractivity contribution is 0.141. The third-order valence-corrected chi connectivity index (χ3v) is 2.87. The molecule has 0 saturated carbocycles. The Bertz CT molecular complexity index is 376. The van der Waals surface area contributed by atoms with Crippen LogP contribution in [0.1, 0.15) is 18.9 Å². The van der Waals surface area contributed by atoms with E-state index in [1.165, 1.54) is 11.1 Å². The molecule has 0 heterocycles. The fraction of sp³-hybridized carbons (Fsp3) is 0.286. The molecule has 2 atom stereocenters. The van der Waals surface area contributed by atoms with Crippen molar-refractivity contribution in [2.75, 3.05) is 0 Å². The molecule has 1 N–H and O–H groups in total. The van der Waals surface area contributed by atoms with Crippen LogP contribution in [0, 0.1) is 5.92 Å². The van der Waals surface area contributed by atoms with Crippen LogP contribution < -0.4 is 0 Å². The van der Waals surface area contributed by atoms with Crippen molar-refractivity contribution in [1.82, 2.24) is 0 Å². The van der Waals surface area contributed by atoms with E-state index in [9.17, 15) is 5.11 Å². The zero-order chi connectivity index (χ0) is 10.7. The Morgan fingerprint density at radius 3 is 2.67 bits per heavy atom. The average Bonchev–Trinajstić information content (AvgIpc) is 2.44. The summed E-state index contributed by atoms with van der Waals surface area (Å²) in [4.78, 5) is 0. The number of hydrogen-bond acceptors (Lipinski definition) is 1. The van der Waals surface area contributed by atoms with Gasteiger partial charge in [-0.05, 0) is 17.6 Å². The van der Waals surface area contributed by atoms with Crippen molar-refractivity contribution < 1.29 is 5.11 Å². The van der Waals surface area contributed by atoms with Gasteiger partial charge in [0.05, 0.1) is 6.10 Å². The average molecular weight is 200 g/mol. The normalized spacial score (nSPS) is 25.9. The third-order valence-electron chi connectivity index (χ3n) is 2.87. The Morgan fingerprint density at radius 1 is 1.20 bits per heavy atom. The van der Waals surface area contributed by atoms with Crippen molar-refractivity contribution in [3.63, 3.8) is 0 Å². The molecule has 1 heteroatoms. The molecule has 0 aliphatic heterocycles. The van der Waals surface area contributed by atoms with Crippen molar-refractivity contribution >= 4 is 5.57 Å². The van der Waals surface area contributed by atoms with Crippen LogP contribution in [-0.2, 0) is 0 Å². The largest absolute Gasteiger partial charge is 0.392 e. The van der Waals surface area contributed by atoms with Gasteiger partial charge in [0.2, 0.25) is 0 Å². The molecular formula is C14H16O. The van der Waals surface area contributed by atoms with E-state index in [0.29, 0.717) is 0 Å². The van der Waals surface area contributed by atoms with Gasteiger partial charge in [0.25, 0.3) is 0 Å². The number of aliphatic hydroxyl groups excluding tert-OH is 1. The molecule has 1 aromatic rings. The molecular weight excluding hydrogens is 184 g/mol. The zero-order valence-corrected chi connectivity index (χ0v) is 8.93. The summed E-state index contributed by atoms with van der Waals surface area (Å²) in [5.41, 5.74) is 2.43. The highest BCUT2D eigenvalue weighted by atomic mass is 16.3. The van der Waals surface area contributed by atoms with Crippen molar-refractivity contribution in [3.05, 3.63) is 54.1 Å². The van der Waals surface area contributed by atoms with E-state index < -0.39 is 0 Å². The smallest absolute Gasteiger partial charge is 0.0634 e. The van der Waals surface area contributed by atoms with E-state index in [0.717, 1.165) is 6.42 Å². The maximum absolute atomic E-state index is 9.73. The predicted molar refractivity (Wildman–Crippen MR) is 63.3 cm³/mol. The molecule has 1 nitrogen and oxygen atoms in total. The molecule has 0 fully saturated rings. The fourth-order valence-electron chi connectivity index (χ4n) is 1.76. The highest BCUT2D eigenvalue weighted by molar-refractivity contribution is 5.74. The first-order valence-corrected chi connectivity index (χ1v) is 5.39. The molecule has 15 heavy (non-hydrogen) atoms. The van der Waals surface area contributed by atoms with Crippen molar-refractivity contribution in [1.29, 1.82) is 0 Å². The van der Waals surface area contributed by atoms with E-state index >= 15 is 0 Å². The molecule has 0 radical (unpaired) electrons. The van der Waals surface area contributed by atoms with Gasteiger partial charge in [-0.2, -0.15) is 0 Å². The summed E-state index contributed by atoms with van der Waals surface area (Å²) in [6, 6.07) is 10.3. The summed E-state index contributed by atoms with van der Waals surface area (Å²) >= 11 is 0. The van der Waals surface area contributed by atoms with Crippen molar-refractivity contribution in [3.8, 4) is 0 Å². The van der Waals surface area contributed by atoms with Gasteiger partial charge in [-0.15, -0.1) is 0 Å². The van der Waals surface area contributed by atoms with Gasteiger partial charge in [0.1, 0.15) is 0 Å². The second-order valence-electron chi connectivity index (χ2n) is 4.05. The first-order chi connectivity index (χ1) is 7.27. The number of hydrogen-bond donors (Lipinski definition) is 1. The van der Waals surface area contributed by atoms with Crippen LogP contribution in [0.25, 0.3) is 5.57 Å². The summed E-state index contributed by atoms with van der Waals surface area (Å²) in [5, 5.41) is 9.73. The van der Waals surface area contributed by atoms with Crippen LogP contribution in [0.2, 0.25) is 0 Å². The Kier molecular flexibility index (Phi) is 3.02. The van der Waals surface area contributed by atoms with Gasteiger partial charge in [-0.1, -0.05) is 55.5 Å². The minimum absolute atomic E-state index is 0.238. The Balaban J connectivity index is 2.27. The lowest BCUT2D eigenvalue weighted by Crippen LogP contribution is -2.13. The van der Waals surface area contributed by atoms with E-state index in [1.807, 2.05) is 25.1 Å². The molecule has 0 amide bonds. The van der Waals surface area contributed by atoms with Crippen LogP contribution in [0.4, 0.5) is 0 Å². The first kappa shape index (κ1) is 10.2. The fourth-order valence-corrected chi connectivity index (χ4v) is 1.76. The SMILES string of the molecule is C[C@H]1C=CC(c2ccccc2)=CC[C@@H]1O. The molecule has 0 unspecified atom stereocenters. The highest BCUT2D eigenvalue weighted by Gasteiger charge is 2.13. The first-order valence-electron chi connectivity index (χ1n) is 5.39. The van der Waals surface area contributed by atoms with E-state index in [4.69, 9.17) is 0 Å². The third kappa shape index (κ3) is 2.37. The van der Waals surface area contributed by atoms with Crippen molar-refractivity contribution in [2.45, 2.75) is 19.4 Å². The lowest BCUT2D eigenvalue weighted by atomic mass is 10.0. The number of benzene rings is 1. The standard InChI is InChI=1S/C14H16O/c1-11-7-8-13(9-10-14(11)15)12-5-3-2-4-6-12/h2-9,11,14-15H,10H2,1H3/t11-,14-/m0/s1. The van der Waals surface area contributed by atoms with Crippen LogP contribution in [-0.4, -0.2) is 11.2 Å². The molecule has 0 aromatic heterocycles. The van der Waals surface area contributed by atoms with E-state index in [1.54, 1.807) is 0 Å². The number of allylic oxidation sites excluding steroid dienone is 2. The summed E-state index contributed by atoms with van der Waals surface area (Å²) in [7, 11) is 0. The number of aliphatic hydroxyl groups is 1.